The van der Waals surface area contributed by atoms with E-state index < -0.39 is 22.9 Å². The minimum Gasteiger partial charge on any atom is -0.493 e. The molecule has 5 rings (SSSR count). The highest BCUT2D eigenvalue weighted by Gasteiger charge is 2.34. The van der Waals surface area contributed by atoms with Crippen molar-refractivity contribution < 1.29 is 14.3 Å². The molecule has 40 heavy (non-hydrogen) atoms. The van der Waals surface area contributed by atoms with Gasteiger partial charge >= 0.3 is 0 Å². The molecule has 1 atom stereocenters. The molecular weight excluding hydrogens is 509 g/mol. The number of aromatic nitrogens is 4. The van der Waals surface area contributed by atoms with Crippen LogP contribution in [0.4, 0.5) is 4.39 Å². The third-order valence-corrected chi connectivity index (χ3v) is 7.66. The van der Waals surface area contributed by atoms with Crippen molar-refractivity contribution in [1.82, 2.24) is 24.2 Å². The lowest BCUT2D eigenvalue weighted by Gasteiger charge is -2.23. The van der Waals surface area contributed by atoms with Crippen LogP contribution in [0.2, 0.25) is 0 Å². The summed E-state index contributed by atoms with van der Waals surface area (Å²) in [5, 5.41) is 16.4. The molecule has 1 amide bonds. The lowest BCUT2D eigenvalue weighted by Crippen LogP contribution is -2.34. The summed E-state index contributed by atoms with van der Waals surface area (Å²) >= 11 is 0. The van der Waals surface area contributed by atoms with E-state index in [9.17, 15) is 19.1 Å². The summed E-state index contributed by atoms with van der Waals surface area (Å²) in [5.41, 5.74) is 2.29. The first-order chi connectivity index (χ1) is 19.2. The highest BCUT2D eigenvalue weighted by atomic mass is 19.1. The molecule has 3 heterocycles. The van der Waals surface area contributed by atoms with Crippen molar-refractivity contribution in [2.24, 2.45) is 0 Å². The summed E-state index contributed by atoms with van der Waals surface area (Å²) in [7, 11) is 0. The zero-order valence-electron chi connectivity index (χ0n) is 23.3. The first-order valence-corrected chi connectivity index (χ1v) is 13.8. The van der Waals surface area contributed by atoms with E-state index in [0.29, 0.717) is 42.8 Å². The van der Waals surface area contributed by atoms with Crippen LogP contribution in [0.25, 0.3) is 17.2 Å². The first kappa shape index (κ1) is 27.3. The smallest absolute Gasteiger partial charge is 0.290 e. The van der Waals surface area contributed by atoms with Crippen LogP contribution in [0.15, 0.2) is 59.5 Å². The van der Waals surface area contributed by atoms with Gasteiger partial charge in [0.25, 0.3) is 11.5 Å². The third-order valence-electron chi connectivity index (χ3n) is 7.66. The van der Waals surface area contributed by atoms with Crippen molar-refractivity contribution in [1.29, 1.82) is 0 Å². The maximum absolute atomic E-state index is 14.4. The van der Waals surface area contributed by atoms with Gasteiger partial charge in [0.05, 0.1) is 5.69 Å². The van der Waals surface area contributed by atoms with Crippen LogP contribution < -0.4 is 5.56 Å². The Balaban J connectivity index is 1.66. The monoisotopic (exact) mass is 543 g/mol. The molecule has 1 fully saturated rings. The minimum absolute atomic E-state index is 0.0788. The summed E-state index contributed by atoms with van der Waals surface area (Å²) in [6.45, 7) is 8.58. The normalized spacial score (nSPS) is 15.2. The predicted molar refractivity (Wildman–Crippen MR) is 152 cm³/mol. The molecule has 1 aliphatic heterocycles. The number of likely N-dealkylation sites (tertiary alicyclic amines) is 1. The van der Waals surface area contributed by atoms with E-state index >= 15 is 0 Å². The van der Waals surface area contributed by atoms with Crippen molar-refractivity contribution in [3.63, 3.8) is 0 Å². The van der Waals surface area contributed by atoms with Gasteiger partial charge in [-0.1, -0.05) is 50.2 Å². The number of halogens is 1. The lowest BCUT2D eigenvalue weighted by atomic mass is 9.98. The molecule has 4 aromatic rings. The Kier molecular flexibility index (Phi) is 7.56. The molecule has 0 bridgehead atoms. The van der Waals surface area contributed by atoms with Gasteiger partial charge in [0.2, 0.25) is 5.88 Å². The van der Waals surface area contributed by atoms with E-state index in [4.69, 9.17) is 0 Å². The standard InChI is InChI=1S/C31H34FN5O3/c1-5-20-10-9-11-21(6-2)27(20)37-28(25-15-17-36(34-25)19(3)4)33-29(38)26(31(37)40)30(39)35-16-14-22(18-35)23-12-7-8-13-24(23)32/h7-13,15,17,19,22,40H,5-6,14,16,18H2,1-4H3. The molecule has 1 N–H and O–H groups in total. The Hall–Kier alpha value is -4.27. The molecule has 0 aliphatic carbocycles. The van der Waals surface area contributed by atoms with Gasteiger partial charge in [-0.05, 0) is 61.9 Å². The van der Waals surface area contributed by atoms with Gasteiger partial charge in [0.15, 0.2) is 11.4 Å². The lowest BCUT2D eigenvalue weighted by molar-refractivity contribution is 0.0784. The molecule has 0 spiro atoms. The molecule has 1 saturated heterocycles. The average Bonchev–Trinajstić information content (AvgIpc) is 3.63. The zero-order valence-corrected chi connectivity index (χ0v) is 23.3. The van der Waals surface area contributed by atoms with Crippen molar-refractivity contribution in [3.8, 4) is 23.1 Å². The Morgan fingerprint density at radius 2 is 1.77 bits per heavy atom. The quantitative estimate of drug-likeness (QED) is 0.343. The zero-order chi connectivity index (χ0) is 28.6. The maximum Gasteiger partial charge on any atom is 0.290 e. The predicted octanol–water partition coefficient (Wildman–Crippen LogP) is 5.28. The molecule has 1 unspecified atom stereocenters. The molecule has 0 radical (unpaired) electrons. The van der Waals surface area contributed by atoms with Gasteiger partial charge in [-0.3, -0.25) is 18.8 Å². The Morgan fingerprint density at radius 3 is 2.40 bits per heavy atom. The van der Waals surface area contributed by atoms with E-state index in [-0.39, 0.29) is 30.1 Å². The largest absolute Gasteiger partial charge is 0.493 e. The minimum atomic E-state index is -0.825. The number of nitrogens with zero attached hydrogens (tertiary/aromatic N) is 5. The molecule has 2 aromatic carbocycles. The number of benzene rings is 2. The van der Waals surface area contributed by atoms with E-state index in [2.05, 4.69) is 10.1 Å². The Morgan fingerprint density at radius 1 is 1.07 bits per heavy atom. The fourth-order valence-electron chi connectivity index (χ4n) is 5.49. The van der Waals surface area contributed by atoms with E-state index in [1.165, 1.54) is 15.5 Å². The first-order valence-electron chi connectivity index (χ1n) is 13.8. The third kappa shape index (κ3) is 4.80. The van der Waals surface area contributed by atoms with Gasteiger partial charge in [-0.25, -0.2) is 4.39 Å². The highest BCUT2D eigenvalue weighted by Crippen LogP contribution is 2.34. The summed E-state index contributed by atoms with van der Waals surface area (Å²) in [5.74, 6) is -1.44. The van der Waals surface area contributed by atoms with Crippen LogP contribution in [0.1, 0.15) is 73.1 Å². The molecule has 1 aliphatic rings. The van der Waals surface area contributed by atoms with Gasteiger partial charge in [0.1, 0.15) is 11.5 Å². The molecular formula is C31H34FN5O3. The molecule has 9 heteroatoms. The van der Waals surface area contributed by atoms with Gasteiger partial charge < -0.3 is 10.0 Å². The number of rotatable bonds is 7. The van der Waals surface area contributed by atoms with Crippen LogP contribution in [0.5, 0.6) is 5.88 Å². The molecule has 2 aromatic heterocycles. The van der Waals surface area contributed by atoms with E-state index in [0.717, 1.165) is 11.1 Å². The van der Waals surface area contributed by atoms with Crippen LogP contribution in [0, 0.1) is 5.82 Å². The van der Waals surface area contributed by atoms with Crippen molar-refractivity contribution in [2.45, 2.75) is 58.9 Å². The highest BCUT2D eigenvalue weighted by molar-refractivity contribution is 5.96. The van der Waals surface area contributed by atoms with Gasteiger partial charge in [-0.15, -0.1) is 0 Å². The second-order valence-corrected chi connectivity index (χ2v) is 10.4. The second kappa shape index (κ2) is 11.1. The van der Waals surface area contributed by atoms with Gasteiger partial charge in [-0.2, -0.15) is 10.1 Å². The number of hydrogen-bond acceptors (Lipinski definition) is 5. The van der Waals surface area contributed by atoms with Crippen molar-refractivity contribution in [3.05, 3.63) is 93.2 Å². The van der Waals surface area contributed by atoms with Crippen LogP contribution in [0.3, 0.4) is 0 Å². The average molecular weight is 544 g/mol. The number of hydrogen-bond donors (Lipinski definition) is 1. The molecule has 208 valence electrons. The number of carbonyl (C=O) groups is 1. The fraction of sp³-hybridized carbons (Fsp3) is 0.355. The van der Waals surface area contributed by atoms with E-state index in [1.54, 1.807) is 35.1 Å². The van der Waals surface area contributed by atoms with Crippen molar-refractivity contribution in [2.75, 3.05) is 13.1 Å². The maximum atomic E-state index is 14.4. The topological polar surface area (TPSA) is 93.2 Å². The molecule has 8 nitrogen and oxygen atoms in total. The summed E-state index contributed by atoms with van der Waals surface area (Å²) in [6.07, 6.45) is 3.67. The Bertz CT molecular complexity index is 1600. The number of aryl methyl sites for hydroxylation is 2. The van der Waals surface area contributed by atoms with Gasteiger partial charge in [0, 0.05) is 31.2 Å². The van der Waals surface area contributed by atoms with Crippen LogP contribution in [-0.2, 0) is 12.8 Å². The SMILES string of the molecule is CCc1cccc(CC)c1-n1c(-c2ccn(C(C)C)n2)nc(=O)c(C(=O)N2CCC(c3ccccc3F)C2)c1O. The summed E-state index contributed by atoms with van der Waals surface area (Å²) in [6, 6.07) is 14.2. The Labute approximate surface area is 232 Å². The van der Waals surface area contributed by atoms with Crippen LogP contribution >= 0.6 is 0 Å². The second-order valence-electron chi connectivity index (χ2n) is 10.4. The number of carbonyl (C=O) groups excluding carboxylic acids is 1. The number of aromatic hydroxyl groups is 1. The van der Waals surface area contributed by atoms with Crippen molar-refractivity contribution >= 4 is 5.91 Å². The number of amides is 1. The summed E-state index contributed by atoms with van der Waals surface area (Å²) in [4.78, 5) is 33.1. The molecule has 0 saturated carbocycles. The summed E-state index contributed by atoms with van der Waals surface area (Å²) < 4.78 is 17.7. The van der Waals surface area contributed by atoms with E-state index in [1.807, 2.05) is 45.9 Å². The van der Waals surface area contributed by atoms with Crippen LogP contribution in [-0.4, -0.2) is 48.3 Å². The fourth-order valence-corrected chi connectivity index (χ4v) is 5.49. The number of para-hydroxylation sites is 1.